The van der Waals surface area contributed by atoms with Crippen molar-refractivity contribution < 1.29 is 23.6 Å². The molecule has 2 aliphatic carbocycles. The van der Waals surface area contributed by atoms with Crippen LogP contribution in [0, 0.1) is 5.82 Å². The number of hydrogen-bond acceptors (Lipinski definition) is 0. The van der Waals surface area contributed by atoms with Crippen molar-refractivity contribution in [1.82, 2.24) is 0 Å². The third-order valence-corrected chi connectivity index (χ3v) is 15.4. The molecule has 0 nitrogen and oxygen atoms in total. The fraction of sp³-hybridized carbons (Fsp3) is 0.684. The summed E-state index contributed by atoms with van der Waals surface area (Å²) in [5.41, 5.74) is 1.41. The molecule has 0 bridgehead atoms. The predicted molar refractivity (Wildman–Crippen MR) is 97.7 cm³/mol. The molecule has 2 saturated carbocycles. The summed E-state index contributed by atoms with van der Waals surface area (Å²) in [6.07, 6.45) is 13.2. The van der Waals surface area contributed by atoms with E-state index in [0.29, 0.717) is 11.3 Å². The van der Waals surface area contributed by atoms with E-state index in [0.717, 1.165) is 0 Å². The van der Waals surface area contributed by atoms with Crippen LogP contribution in [0.3, 0.4) is 0 Å². The molecule has 4 heteroatoms. The van der Waals surface area contributed by atoms with Crippen molar-refractivity contribution in [1.29, 1.82) is 0 Å². The topological polar surface area (TPSA) is 0 Å². The van der Waals surface area contributed by atoms with E-state index in [9.17, 15) is 4.39 Å². The molecule has 0 amide bonds. The fourth-order valence-corrected chi connectivity index (χ4v) is 15.6. The van der Waals surface area contributed by atoms with Crippen molar-refractivity contribution >= 4 is 24.2 Å². The van der Waals surface area contributed by atoms with Crippen molar-refractivity contribution in [2.75, 3.05) is 0 Å². The molecular formula is C19H28ClFPPd. The van der Waals surface area contributed by atoms with Gasteiger partial charge in [0.1, 0.15) is 0 Å². The van der Waals surface area contributed by atoms with Gasteiger partial charge in [0.15, 0.2) is 0 Å². The van der Waals surface area contributed by atoms with Crippen molar-refractivity contribution in [2.24, 2.45) is 0 Å². The standard InChI is InChI=1S/C19H28ClFP.Pd/c20-15-22(17-9-3-1-4-10-17,18-11-5-2-6-12-18)19-13-7-8-16(21)14-19;/h7-8,13-15,17-18,22H,1-6,9-12H2;. The summed E-state index contributed by atoms with van der Waals surface area (Å²) in [5, 5.41) is 1.27. The van der Waals surface area contributed by atoms with Crippen molar-refractivity contribution in [3.05, 3.63) is 30.1 Å². The predicted octanol–water partition coefficient (Wildman–Crippen LogP) is 5.94. The van der Waals surface area contributed by atoms with E-state index >= 15 is 0 Å². The van der Waals surface area contributed by atoms with Gasteiger partial charge in [-0.15, -0.1) is 0 Å². The Morgan fingerprint density at radius 1 is 0.957 bits per heavy atom. The summed E-state index contributed by atoms with van der Waals surface area (Å²) < 4.78 is 14.1. The Labute approximate surface area is 156 Å². The van der Waals surface area contributed by atoms with Crippen LogP contribution >= 0.6 is 18.9 Å². The molecule has 0 spiro atoms. The quantitative estimate of drug-likeness (QED) is 0.304. The van der Waals surface area contributed by atoms with Crippen LogP contribution < -0.4 is 5.30 Å². The van der Waals surface area contributed by atoms with Gasteiger partial charge >= 0.3 is 157 Å². The second-order valence-electron chi connectivity index (χ2n) is 7.38. The summed E-state index contributed by atoms with van der Waals surface area (Å²) >= 11 is 10.4. The zero-order chi connectivity index (χ0) is 16.3. The van der Waals surface area contributed by atoms with Crippen LogP contribution in [-0.4, -0.2) is 14.9 Å². The van der Waals surface area contributed by atoms with Gasteiger partial charge in [-0.25, -0.2) is 0 Å². The summed E-state index contributed by atoms with van der Waals surface area (Å²) in [6, 6.07) is 7.47. The van der Waals surface area contributed by atoms with Crippen molar-refractivity contribution in [3.63, 3.8) is 0 Å². The van der Waals surface area contributed by atoms with Crippen LogP contribution in [0.25, 0.3) is 0 Å². The first-order chi connectivity index (χ1) is 11.2. The third-order valence-electron chi connectivity index (χ3n) is 6.22. The SMILES string of the molecule is Fc1cccc([PH]([CH](Cl)[Pd])(C2CCCCC2)C2CCCCC2)c1. The van der Waals surface area contributed by atoms with Gasteiger partial charge in [-0.3, -0.25) is 0 Å². The number of alkyl halides is 1. The molecule has 2 fully saturated rings. The Morgan fingerprint density at radius 3 is 1.91 bits per heavy atom. The summed E-state index contributed by atoms with van der Waals surface area (Å²) in [7, 11) is -2.02. The zero-order valence-corrected chi connectivity index (χ0v) is 17.0. The van der Waals surface area contributed by atoms with Crippen LogP contribution in [0.1, 0.15) is 64.2 Å². The number of rotatable bonds is 4. The van der Waals surface area contributed by atoms with E-state index in [1.165, 1.54) is 69.5 Å². The van der Waals surface area contributed by atoms with Crippen molar-refractivity contribution in [3.8, 4) is 0 Å². The molecule has 0 saturated heterocycles. The Hall–Kier alpha value is 0.532. The molecule has 0 aliphatic heterocycles. The van der Waals surface area contributed by atoms with E-state index in [2.05, 4.69) is 25.3 Å². The Balaban J connectivity index is 2.08. The van der Waals surface area contributed by atoms with Crippen LogP contribution in [0.5, 0.6) is 0 Å². The van der Waals surface area contributed by atoms with Gasteiger partial charge in [0.05, 0.1) is 0 Å². The minimum atomic E-state index is -2.02. The zero-order valence-electron chi connectivity index (χ0n) is 13.7. The maximum atomic E-state index is 14.1. The molecule has 1 aromatic carbocycles. The first-order valence-corrected chi connectivity index (χ1v) is 12.7. The number of halogens is 2. The molecule has 1 atom stereocenters. The molecule has 3 rings (SSSR count). The first kappa shape index (κ1) is 18.3. The van der Waals surface area contributed by atoms with E-state index in [1.807, 2.05) is 12.1 Å². The van der Waals surface area contributed by atoms with Crippen LogP contribution in [0.15, 0.2) is 24.3 Å². The Bertz CT molecular complexity index is 492. The summed E-state index contributed by atoms with van der Waals surface area (Å²) in [5.74, 6) is -0.0969. The fourth-order valence-electron chi connectivity index (χ4n) is 5.17. The van der Waals surface area contributed by atoms with Gasteiger partial charge in [-0.2, -0.15) is 0 Å². The van der Waals surface area contributed by atoms with Gasteiger partial charge in [0.2, 0.25) is 0 Å². The maximum absolute atomic E-state index is 14.1. The molecule has 1 aromatic rings. The van der Waals surface area contributed by atoms with Gasteiger partial charge in [0, 0.05) is 0 Å². The van der Waals surface area contributed by atoms with E-state index < -0.39 is 7.26 Å². The van der Waals surface area contributed by atoms with Gasteiger partial charge in [-0.1, -0.05) is 0 Å². The molecule has 2 aliphatic rings. The second-order valence-corrected chi connectivity index (χ2v) is 15.0. The molecule has 23 heavy (non-hydrogen) atoms. The molecule has 0 radical (unpaired) electrons. The van der Waals surface area contributed by atoms with Crippen LogP contribution in [0.2, 0.25) is 0 Å². The first-order valence-electron chi connectivity index (χ1n) is 9.16. The summed E-state index contributed by atoms with van der Waals surface area (Å²) in [6.45, 7) is 0. The Kier molecular flexibility index (Phi) is 6.59. The average molecular weight is 448 g/mol. The normalized spacial score (nSPS) is 23.7. The monoisotopic (exact) mass is 447 g/mol. The third kappa shape index (κ3) is 3.72. The number of benzene rings is 1. The second kappa shape index (κ2) is 8.27. The van der Waals surface area contributed by atoms with Gasteiger partial charge in [-0.05, 0) is 0 Å². The van der Waals surface area contributed by atoms with E-state index in [-0.39, 0.29) is 9.41 Å². The average Bonchev–Trinajstić information content (AvgIpc) is 2.57. The molecular weight excluding hydrogens is 420 g/mol. The molecule has 1 unspecified atom stereocenters. The molecule has 133 valence electrons. The molecule has 0 aromatic heterocycles. The van der Waals surface area contributed by atoms with E-state index in [4.69, 9.17) is 11.6 Å². The molecule has 0 N–H and O–H groups in total. The minimum absolute atomic E-state index is 0.0403. The molecule has 0 heterocycles. The number of hydrogen-bond donors (Lipinski definition) is 0. The summed E-state index contributed by atoms with van der Waals surface area (Å²) in [4.78, 5) is 0. The van der Waals surface area contributed by atoms with Crippen molar-refractivity contribution in [2.45, 2.75) is 79.1 Å². The Morgan fingerprint density at radius 2 is 1.48 bits per heavy atom. The van der Waals surface area contributed by atoms with Gasteiger partial charge < -0.3 is 0 Å². The van der Waals surface area contributed by atoms with Gasteiger partial charge in [0.25, 0.3) is 0 Å². The van der Waals surface area contributed by atoms with Crippen LogP contribution in [0.4, 0.5) is 4.39 Å². The van der Waals surface area contributed by atoms with Crippen LogP contribution in [-0.2, 0) is 19.2 Å². The van der Waals surface area contributed by atoms with E-state index in [1.54, 1.807) is 6.07 Å².